The standard InChI is InChI=1S/C13H11BrClFN2/c14-10-3-9(6-18-7-10)13(17)4-8-1-2-11(16)5-12(8)15/h1-3,5-7,13H,4,17H2. The van der Waals surface area contributed by atoms with E-state index in [0.717, 1.165) is 15.6 Å². The first kappa shape index (κ1) is 13.5. The van der Waals surface area contributed by atoms with Crippen LogP contribution in [0.15, 0.2) is 41.1 Å². The van der Waals surface area contributed by atoms with Crippen molar-refractivity contribution in [2.45, 2.75) is 12.5 Å². The number of hydrogen-bond donors (Lipinski definition) is 1. The number of halogens is 3. The van der Waals surface area contributed by atoms with Gasteiger partial charge >= 0.3 is 0 Å². The van der Waals surface area contributed by atoms with E-state index in [1.165, 1.54) is 12.1 Å². The van der Waals surface area contributed by atoms with Gasteiger partial charge in [-0.05, 0) is 51.7 Å². The van der Waals surface area contributed by atoms with Crippen LogP contribution in [-0.2, 0) is 6.42 Å². The minimum absolute atomic E-state index is 0.224. The molecule has 94 valence electrons. The lowest BCUT2D eigenvalue weighted by molar-refractivity contribution is 0.625. The van der Waals surface area contributed by atoms with Gasteiger partial charge in [-0.25, -0.2) is 4.39 Å². The molecule has 2 N–H and O–H groups in total. The summed E-state index contributed by atoms with van der Waals surface area (Å²) in [4.78, 5) is 4.06. The summed E-state index contributed by atoms with van der Waals surface area (Å²) >= 11 is 9.32. The fraction of sp³-hybridized carbons (Fsp3) is 0.154. The zero-order valence-corrected chi connectivity index (χ0v) is 11.7. The highest BCUT2D eigenvalue weighted by Gasteiger charge is 2.11. The van der Waals surface area contributed by atoms with E-state index in [0.29, 0.717) is 11.4 Å². The first-order valence-corrected chi connectivity index (χ1v) is 6.53. The lowest BCUT2D eigenvalue weighted by Gasteiger charge is -2.13. The van der Waals surface area contributed by atoms with Crippen molar-refractivity contribution in [1.29, 1.82) is 0 Å². The second kappa shape index (κ2) is 5.78. The maximum absolute atomic E-state index is 12.9. The first-order chi connectivity index (χ1) is 8.56. The molecule has 0 saturated heterocycles. The molecule has 0 bridgehead atoms. The van der Waals surface area contributed by atoms with Crippen LogP contribution in [-0.4, -0.2) is 4.98 Å². The smallest absolute Gasteiger partial charge is 0.124 e. The molecule has 1 unspecified atom stereocenters. The molecule has 2 nitrogen and oxygen atoms in total. The monoisotopic (exact) mass is 328 g/mol. The van der Waals surface area contributed by atoms with Crippen molar-refractivity contribution in [2.24, 2.45) is 5.73 Å². The molecule has 2 aromatic rings. The predicted molar refractivity (Wildman–Crippen MR) is 74.0 cm³/mol. The van der Waals surface area contributed by atoms with Crippen molar-refractivity contribution >= 4 is 27.5 Å². The van der Waals surface area contributed by atoms with Crippen molar-refractivity contribution in [3.8, 4) is 0 Å². The predicted octanol–water partition coefficient (Wildman–Crippen LogP) is 3.88. The maximum atomic E-state index is 12.9. The number of nitrogens with zero attached hydrogens (tertiary/aromatic N) is 1. The molecule has 1 aromatic heterocycles. The van der Waals surface area contributed by atoms with Gasteiger partial charge in [0.2, 0.25) is 0 Å². The van der Waals surface area contributed by atoms with E-state index in [9.17, 15) is 4.39 Å². The van der Waals surface area contributed by atoms with E-state index < -0.39 is 0 Å². The van der Waals surface area contributed by atoms with Crippen LogP contribution in [0.5, 0.6) is 0 Å². The quantitative estimate of drug-likeness (QED) is 0.928. The summed E-state index contributed by atoms with van der Waals surface area (Å²) in [5.41, 5.74) is 7.82. The average molecular weight is 330 g/mol. The molecule has 1 aromatic carbocycles. The Hall–Kier alpha value is -0.970. The van der Waals surface area contributed by atoms with Gasteiger partial charge in [-0.3, -0.25) is 4.98 Å². The highest BCUT2D eigenvalue weighted by molar-refractivity contribution is 9.10. The third kappa shape index (κ3) is 3.28. The van der Waals surface area contributed by atoms with Gasteiger partial charge in [0.1, 0.15) is 5.82 Å². The highest BCUT2D eigenvalue weighted by Crippen LogP contribution is 2.23. The molecule has 18 heavy (non-hydrogen) atoms. The fourth-order valence-electron chi connectivity index (χ4n) is 1.67. The van der Waals surface area contributed by atoms with Crippen LogP contribution in [0.3, 0.4) is 0 Å². The Kier molecular flexibility index (Phi) is 4.32. The fourth-order valence-corrected chi connectivity index (χ4v) is 2.30. The van der Waals surface area contributed by atoms with Gasteiger partial charge < -0.3 is 5.73 Å². The molecule has 0 aliphatic heterocycles. The van der Waals surface area contributed by atoms with Gasteiger partial charge in [-0.1, -0.05) is 17.7 Å². The lowest BCUT2D eigenvalue weighted by Crippen LogP contribution is -2.14. The van der Waals surface area contributed by atoms with E-state index in [2.05, 4.69) is 20.9 Å². The second-order valence-electron chi connectivity index (χ2n) is 3.98. The van der Waals surface area contributed by atoms with E-state index in [1.54, 1.807) is 18.5 Å². The third-order valence-electron chi connectivity index (χ3n) is 2.61. The Morgan fingerprint density at radius 1 is 1.33 bits per heavy atom. The Morgan fingerprint density at radius 2 is 2.11 bits per heavy atom. The van der Waals surface area contributed by atoms with Gasteiger partial charge in [0.15, 0.2) is 0 Å². The summed E-state index contributed by atoms with van der Waals surface area (Å²) in [7, 11) is 0. The van der Waals surface area contributed by atoms with Crippen molar-refractivity contribution in [1.82, 2.24) is 4.98 Å². The number of pyridine rings is 1. The summed E-state index contributed by atoms with van der Waals surface area (Å²) in [6.07, 6.45) is 3.95. The molecule has 0 radical (unpaired) electrons. The molecule has 0 aliphatic carbocycles. The van der Waals surface area contributed by atoms with E-state index in [1.807, 2.05) is 6.07 Å². The van der Waals surface area contributed by atoms with Crippen LogP contribution in [0.25, 0.3) is 0 Å². The first-order valence-electron chi connectivity index (χ1n) is 5.36. The van der Waals surface area contributed by atoms with E-state index in [-0.39, 0.29) is 11.9 Å². The van der Waals surface area contributed by atoms with E-state index >= 15 is 0 Å². The third-order valence-corrected chi connectivity index (χ3v) is 3.39. The SMILES string of the molecule is NC(Cc1ccc(F)cc1Cl)c1cncc(Br)c1. The van der Waals surface area contributed by atoms with Gasteiger partial charge in [-0.2, -0.15) is 0 Å². The number of hydrogen-bond acceptors (Lipinski definition) is 2. The molecule has 0 amide bonds. The molecule has 0 spiro atoms. The zero-order chi connectivity index (χ0) is 13.1. The molecule has 0 aliphatic rings. The molecule has 1 heterocycles. The van der Waals surface area contributed by atoms with Crippen molar-refractivity contribution in [3.05, 3.63) is 63.1 Å². The van der Waals surface area contributed by atoms with Gasteiger partial charge in [0.05, 0.1) is 0 Å². The van der Waals surface area contributed by atoms with Crippen LogP contribution in [0, 0.1) is 5.82 Å². The van der Waals surface area contributed by atoms with Crippen LogP contribution in [0.4, 0.5) is 4.39 Å². The topological polar surface area (TPSA) is 38.9 Å². The van der Waals surface area contributed by atoms with Crippen LogP contribution in [0.2, 0.25) is 5.02 Å². The summed E-state index contributed by atoms with van der Waals surface area (Å²) in [6, 6.07) is 6.02. The zero-order valence-electron chi connectivity index (χ0n) is 9.41. The van der Waals surface area contributed by atoms with Crippen molar-refractivity contribution < 1.29 is 4.39 Å². The maximum Gasteiger partial charge on any atom is 0.124 e. The highest BCUT2D eigenvalue weighted by atomic mass is 79.9. The molecule has 1 atom stereocenters. The summed E-state index contributed by atoms with van der Waals surface area (Å²) < 4.78 is 13.8. The Labute approximate surface area is 118 Å². The average Bonchev–Trinajstić information content (AvgIpc) is 2.32. The Bertz CT molecular complexity index is 562. The van der Waals surface area contributed by atoms with Crippen LogP contribution >= 0.6 is 27.5 Å². The van der Waals surface area contributed by atoms with Crippen LogP contribution < -0.4 is 5.73 Å². The lowest BCUT2D eigenvalue weighted by atomic mass is 10.0. The van der Waals surface area contributed by atoms with Crippen molar-refractivity contribution in [2.75, 3.05) is 0 Å². The number of benzene rings is 1. The molecule has 2 rings (SSSR count). The summed E-state index contributed by atoms with van der Waals surface area (Å²) in [5.74, 6) is -0.346. The van der Waals surface area contributed by atoms with Gasteiger partial charge in [-0.15, -0.1) is 0 Å². The number of rotatable bonds is 3. The minimum atomic E-state index is -0.346. The molecule has 0 fully saturated rings. The summed E-state index contributed by atoms with van der Waals surface area (Å²) in [5, 5.41) is 0.397. The molecular formula is C13H11BrClFN2. The second-order valence-corrected chi connectivity index (χ2v) is 5.31. The van der Waals surface area contributed by atoms with Crippen LogP contribution in [0.1, 0.15) is 17.2 Å². The largest absolute Gasteiger partial charge is 0.324 e. The Balaban J connectivity index is 2.18. The van der Waals surface area contributed by atoms with E-state index in [4.69, 9.17) is 17.3 Å². The number of nitrogens with two attached hydrogens (primary N) is 1. The molecular weight excluding hydrogens is 319 g/mol. The normalized spacial score (nSPS) is 12.4. The Morgan fingerprint density at radius 3 is 2.78 bits per heavy atom. The van der Waals surface area contributed by atoms with Gasteiger partial charge in [0.25, 0.3) is 0 Å². The molecule has 0 saturated carbocycles. The summed E-state index contributed by atoms with van der Waals surface area (Å²) in [6.45, 7) is 0. The van der Waals surface area contributed by atoms with Crippen molar-refractivity contribution in [3.63, 3.8) is 0 Å². The minimum Gasteiger partial charge on any atom is -0.324 e. The van der Waals surface area contributed by atoms with Gasteiger partial charge in [0, 0.05) is 27.9 Å². The molecule has 5 heteroatoms. The number of aromatic nitrogens is 1.